The van der Waals surface area contributed by atoms with Crippen LogP contribution in [0.2, 0.25) is 0 Å². The summed E-state index contributed by atoms with van der Waals surface area (Å²) in [7, 11) is 0. The summed E-state index contributed by atoms with van der Waals surface area (Å²) >= 11 is 0. The first kappa shape index (κ1) is 22.7. The molecule has 0 bridgehead atoms. The van der Waals surface area contributed by atoms with E-state index in [0.29, 0.717) is 0 Å². The van der Waals surface area contributed by atoms with Crippen molar-refractivity contribution in [3.8, 4) is 0 Å². The third-order valence-electron chi connectivity index (χ3n) is 0.409. The van der Waals surface area contributed by atoms with E-state index in [1.165, 1.54) is 0 Å². The van der Waals surface area contributed by atoms with E-state index in [4.69, 9.17) is 0 Å². The summed E-state index contributed by atoms with van der Waals surface area (Å²) < 4.78 is 0. The molecule has 10 heavy (non-hydrogen) atoms. The molecule has 1 aromatic rings. The first-order valence-corrected chi connectivity index (χ1v) is 1.58. The molecule has 2 N–H and O–H groups in total. The molecule has 7 heteroatoms. The van der Waals surface area contributed by atoms with Crippen LogP contribution in [-0.2, 0) is 0 Å². The standard InChI is InChI=1S/C3H3N3.3Na.H2O/c1-2-4-6-5-3-1;;;;/h1-3H;;;;1H2. The van der Waals surface area contributed by atoms with Gasteiger partial charge in [-0.3, -0.25) is 0 Å². The average Bonchev–Trinajstić information content (AvgIpc) is 1.72. The summed E-state index contributed by atoms with van der Waals surface area (Å²) in [6, 6.07) is 1.72. The molecule has 0 spiro atoms. The third-order valence-corrected chi connectivity index (χ3v) is 0.409. The number of hydrogen-bond acceptors (Lipinski definition) is 3. The molecule has 41 valence electrons. The quantitative estimate of drug-likeness (QED) is 0.417. The summed E-state index contributed by atoms with van der Waals surface area (Å²) in [5.41, 5.74) is 0. The van der Waals surface area contributed by atoms with Gasteiger partial charge >= 0.3 is 0 Å². The van der Waals surface area contributed by atoms with Crippen molar-refractivity contribution in [3.63, 3.8) is 0 Å². The fourth-order valence-corrected chi connectivity index (χ4v) is 0.205. The van der Waals surface area contributed by atoms with Crippen LogP contribution in [0.4, 0.5) is 0 Å². The predicted molar refractivity (Wildman–Crippen MR) is 40.7 cm³/mol. The minimum Gasteiger partial charge on any atom is -0.412 e. The Kier molecular flexibility index (Phi) is 38.9. The van der Waals surface area contributed by atoms with Crippen LogP contribution in [0.15, 0.2) is 18.5 Å². The molecule has 0 saturated heterocycles. The van der Waals surface area contributed by atoms with Crippen LogP contribution in [0.3, 0.4) is 0 Å². The van der Waals surface area contributed by atoms with Crippen LogP contribution in [-0.4, -0.2) is 110 Å². The molecule has 0 aliphatic heterocycles. The van der Waals surface area contributed by atoms with Crippen molar-refractivity contribution < 1.29 is 5.48 Å². The maximum absolute atomic E-state index is 3.42. The SMILES string of the molecule is O.[Na].[Na].[Na].c1cnnnc1. The van der Waals surface area contributed by atoms with Crippen molar-refractivity contribution in [2.24, 2.45) is 0 Å². The van der Waals surface area contributed by atoms with E-state index in [9.17, 15) is 0 Å². The summed E-state index contributed by atoms with van der Waals surface area (Å²) in [6.07, 6.45) is 3.15. The van der Waals surface area contributed by atoms with E-state index in [2.05, 4.69) is 15.4 Å². The molecule has 0 aromatic carbocycles. The van der Waals surface area contributed by atoms with E-state index >= 15 is 0 Å². The first-order valence-electron chi connectivity index (χ1n) is 1.58. The van der Waals surface area contributed by atoms with E-state index in [0.717, 1.165) is 0 Å². The largest absolute Gasteiger partial charge is 0.412 e. The van der Waals surface area contributed by atoms with E-state index in [1.54, 1.807) is 18.5 Å². The van der Waals surface area contributed by atoms with Gasteiger partial charge in [-0.15, -0.1) is 10.2 Å². The minimum absolute atomic E-state index is 0. The van der Waals surface area contributed by atoms with Crippen molar-refractivity contribution in [1.29, 1.82) is 0 Å². The number of hydrogen-bond donors (Lipinski definition) is 0. The molecule has 0 saturated carbocycles. The summed E-state index contributed by atoms with van der Waals surface area (Å²) in [6.45, 7) is 0. The van der Waals surface area contributed by atoms with Crippen LogP contribution in [0.1, 0.15) is 0 Å². The Balaban J connectivity index is -0.0000000450. The van der Waals surface area contributed by atoms with E-state index in [1.807, 2.05) is 0 Å². The monoisotopic (exact) mass is 168 g/mol. The Bertz CT molecular complexity index is 90.9. The van der Waals surface area contributed by atoms with Crippen molar-refractivity contribution in [1.82, 2.24) is 15.4 Å². The molecule has 1 rings (SSSR count). The molecule has 3 radical (unpaired) electrons. The van der Waals surface area contributed by atoms with Gasteiger partial charge in [0.05, 0.1) is 12.4 Å². The molecule has 0 aliphatic rings. The maximum atomic E-state index is 3.42. The van der Waals surface area contributed by atoms with Crippen molar-refractivity contribution in [2.45, 2.75) is 0 Å². The van der Waals surface area contributed by atoms with Gasteiger partial charge in [-0.2, -0.15) is 0 Å². The zero-order valence-electron chi connectivity index (χ0n) is 6.57. The smallest absolute Gasteiger partial charge is 0.0529 e. The molecule has 0 fully saturated rings. The van der Waals surface area contributed by atoms with Crippen LogP contribution in [0.5, 0.6) is 0 Å². The van der Waals surface area contributed by atoms with Crippen LogP contribution >= 0.6 is 0 Å². The summed E-state index contributed by atoms with van der Waals surface area (Å²) in [4.78, 5) is 0. The molecular weight excluding hydrogens is 163 g/mol. The second-order valence-corrected chi connectivity index (χ2v) is 0.811. The topological polar surface area (TPSA) is 70.2 Å². The molecule has 0 atom stereocenters. The molecule has 1 aromatic heterocycles. The molecule has 1 heterocycles. The fourth-order valence-electron chi connectivity index (χ4n) is 0.205. The minimum atomic E-state index is 0. The number of aromatic nitrogens is 3. The van der Waals surface area contributed by atoms with Gasteiger partial charge in [0.2, 0.25) is 0 Å². The average molecular weight is 168 g/mol. The predicted octanol–water partition coefficient (Wildman–Crippen LogP) is -2.10. The molecule has 0 amide bonds. The van der Waals surface area contributed by atoms with Gasteiger partial charge in [0, 0.05) is 88.7 Å². The third kappa shape index (κ3) is 12.6. The molecule has 0 aliphatic carbocycles. The fraction of sp³-hybridized carbons (Fsp3) is 0. The second-order valence-electron chi connectivity index (χ2n) is 0.811. The van der Waals surface area contributed by atoms with E-state index in [-0.39, 0.29) is 94.1 Å². The van der Waals surface area contributed by atoms with Gasteiger partial charge in [-0.1, -0.05) is 0 Å². The van der Waals surface area contributed by atoms with Crippen LogP contribution in [0, 0.1) is 0 Å². The first-order chi connectivity index (χ1) is 3.00. The second kappa shape index (κ2) is 17.2. The van der Waals surface area contributed by atoms with Crippen molar-refractivity contribution >= 4 is 88.7 Å². The van der Waals surface area contributed by atoms with Crippen molar-refractivity contribution in [2.75, 3.05) is 0 Å². The van der Waals surface area contributed by atoms with Gasteiger partial charge in [-0.25, -0.2) is 0 Å². The van der Waals surface area contributed by atoms with Gasteiger partial charge in [-0.05, 0) is 11.3 Å². The Morgan fingerprint density at radius 3 is 1.30 bits per heavy atom. The van der Waals surface area contributed by atoms with Gasteiger partial charge < -0.3 is 5.48 Å². The Morgan fingerprint density at radius 2 is 1.20 bits per heavy atom. The van der Waals surface area contributed by atoms with Gasteiger partial charge in [0.1, 0.15) is 0 Å². The Morgan fingerprint density at radius 1 is 0.800 bits per heavy atom. The summed E-state index contributed by atoms with van der Waals surface area (Å²) in [5.74, 6) is 0. The number of nitrogens with zero attached hydrogens (tertiary/aromatic N) is 3. The van der Waals surface area contributed by atoms with Crippen molar-refractivity contribution in [3.05, 3.63) is 18.5 Å². The maximum Gasteiger partial charge on any atom is 0.0529 e. The van der Waals surface area contributed by atoms with E-state index < -0.39 is 0 Å². The van der Waals surface area contributed by atoms with Gasteiger partial charge in [0.15, 0.2) is 0 Å². The zero-order valence-corrected chi connectivity index (χ0v) is 12.6. The molecular formula is C3H5N3Na3O. The normalized spacial score (nSPS) is 4.80. The Hall–Kier alpha value is 1.97. The van der Waals surface area contributed by atoms with Crippen LogP contribution < -0.4 is 0 Å². The van der Waals surface area contributed by atoms with Gasteiger partial charge in [0.25, 0.3) is 0 Å². The summed E-state index contributed by atoms with van der Waals surface area (Å²) in [5, 5.41) is 10.1. The zero-order chi connectivity index (χ0) is 4.24. The number of rotatable bonds is 0. The molecule has 0 unspecified atom stereocenters. The molecule has 4 nitrogen and oxygen atoms in total. The van der Waals surface area contributed by atoms with Crippen LogP contribution in [0.25, 0.3) is 0 Å². The Labute approximate surface area is 126 Å².